The molecule has 2 aromatic carbocycles. The van der Waals surface area contributed by atoms with E-state index in [1.54, 1.807) is 18.9 Å². The second-order valence-electron chi connectivity index (χ2n) is 5.85. The molecule has 25 heavy (non-hydrogen) atoms. The molecule has 1 heterocycles. The molecule has 1 N–H and O–H groups in total. The fourth-order valence-electron chi connectivity index (χ4n) is 2.54. The summed E-state index contributed by atoms with van der Waals surface area (Å²) in [5, 5.41) is 5.18. The van der Waals surface area contributed by atoms with Crippen LogP contribution in [0.5, 0.6) is 5.75 Å². The number of nitrogens with zero attached hydrogens (tertiary/aromatic N) is 2. The zero-order valence-electron chi connectivity index (χ0n) is 14.2. The lowest BCUT2D eigenvalue weighted by Crippen LogP contribution is -2.42. The Morgan fingerprint density at radius 1 is 1.20 bits per heavy atom. The fraction of sp³-hybridized carbons (Fsp3) is 0.316. The molecule has 0 bridgehead atoms. The van der Waals surface area contributed by atoms with Crippen LogP contribution < -0.4 is 10.1 Å². The van der Waals surface area contributed by atoms with E-state index in [0.29, 0.717) is 0 Å². The van der Waals surface area contributed by atoms with Crippen LogP contribution in [0, 0.1) is 0 Å². The van der Waals surface area contributed by atoms with E-state index in [0.717, 1.165) is 48.0 Å². The molecule has 0 saturated carbocycles. The van der Waals surface area contributed by atoms with Gasteiger partial charge in [0.05, 0.1) is 20.4 Å². The van der Waals surface area contributed by atoms with E-state index in [2.05, 4.69) is 39.5 Å². The maximum absolute atomic E-state index is 5.91. The minimum Gasteiger partial charge on any atom is -0.497 e. The van der Waals surface area contributed by atoms with Gasteiger partial charge in [-0.1, -0.05) is 47.6 Å². The van der Waals surface area contributed by atoms with E-state index in [1.807, 2.05) is 24.3 Å². The molecule has 132 valence electrons. The average molecular weight is 376 g/mol. The van der Waals surface area contributed by atoms with Crippen molar-refractivity contribution in [3.05, 3.63) is 64.7 Å². The highest BCUT2D eigenvalue weighted by Gasteiger charge is 2.12. The second kappa shape index (κ2) is 9.13. The van der Waals surface area contributed by atoms with Gasteiger partial charge in [-0.25, -0.2) is 4.99 Å². The van der Waals surface area contributed by atoms with Gasteiger partial charge in [-0.15, -0.1) is 0 Å². The maximum atomic E-state index is 5.91. The number of aliphatic imine (C=N–C) groups is 1. The van der Waals surface area contributed by atoms with Gasteiger partial charge in [-0.3, -0.25) is 4.90 Å². The summed E-state index contributed by atoms with van der Waals surface area (Å²) in [7, 11) is 1.70. The molecule has 0 saturated heterocycles. The number of hydrogen-bond acceptors (Lipinski definition) is 5. The summed E-state index contributed by atoms with van der Waals surface area (Å²) in [5.74, 6) is 1.81. The van der Waals surface area contributed by atoms with Gasteiger partial charge in [0.1, 0.15) is 5.75 Å². The third kappa shape index (κ3) is 5.66. The molecule has 1 aliphatic heterocycles. The minimum atomic E-state index is 0.736. The molecule has 0 radical (unpaired) electrons. The topological polar surface area (TPSA) is 36.9 Å². The summed E-state index contributed by atoms with van der Waals surface area (Å²) in [4.78, 5) is 6.93. The van der Waals surface area contributed by atoms with Crippen LogP contribution in [0.15, 0.2) is 53.5 Å². The van der Waals surface area contributed by atoms with Crippen molar-refractivity contribution in [2.45, 2.75) is 12.2 Å². The first-order chi connectivity index (χ1) is 12.2. The van der Waals surface area contributed by atoms with E-state index in [9.17, 15) is 0 Å². The maximum Gasteiger partial charge on any atom is 0.159 e. The number of methoxy groups -OCH3 is 1. The molecule has 0 unspecified atom stereocenters. The third-order valence-corrected chi connectivity index (χ3v) is 5.28. The first-order valence-electron chi connectivity index (χ1n) is 8.24. The lowest BCUT2D eigenvalue weighted by molar-refractivity contribution is 0.270. The van der Waals surface area contributed by atoms with Gasteiger partial charge in [0, 0.05) is 17.3 Å². The highest BCUT2D eigenvalue weighted by atomic mass is 35.5. The molecule has 1 aliphatic rings. The molecule has 6 heteroatoms. The van der Waals surface area contributed by atoms with E-state index < -0.39 is 0 Å². The van der Waals surface area contributed by atoms with Crippen LogP contribution in [0.4, 0.5) is 0 Å². The van der Waals surface area contributed by atoms with Crippen molar-refractivity contribution in [2.24, 2.45) is 4.99 Å². The van der Waals surface area contributed by atoms with E-state index >= 15 is 0 Å². The van der Waals surface area contributed by atoms with Crippen molar-refractivity contribution < 1.29 is 4.74 Å². The van der Waals surface area contributed by atoms with E-state index in [1.165, 1.54) is 11.1 Å². The molecule has 0 atom stereocenters. The Bertz CT molecular complexity index is 721. The van der Waals surface area contributed by atoms with Crippen LogP contribution in [0.25, 0.3) is 0 Å². The number of amidine groups is 1. The van der Waals surface area contributed by atoms with Crippen molar-refractivity contribution in [2.75, 3.05) is 27.0 Å². The third-order valence-electron chi connectivity index (χ3n) is 4.01. The zero-order valence-corrected chi connectivity index (χ0v) is 15.8. The van der Waals surface area contributed by atoms with Crippen LogP contribution in [-0.2, 0) is 12.2 Å². The number of benzene rings is 2. The molecular formula is C19H22ClN3OS. The molecule has 0 aliphatic carbocycles. The van der Waals surface area contributed by atoms with Crippen LogP contribution in [0.3, 0.4) is 0 Å². The second-order valence-corrected chi connectivity index (χ2v) is 7.25. The Morgan fingerprint density at radius 3 is 2.76 bits per heavy atom. The predicted octanol–water partition coefficient (Wildman–Crippen LogP) is 4.00. The number of nitrogens with one attached hydrogen (secondary N) is 1. The van der Waals surface area contributed by atoms with Gasteiger partial charge in [0.2, 0.25) is 0 Å². The lowest BCUT2D eigenvalue weighted by Gasteiger charge is -2.26. The molecular weight excluding hydrogens is 354 g/mol. The van der Waals surface area contributed by atoms with Crippen molar-refractivity contribution in [3.63, 3.8) is 0 Å². The molecule has 0 amide bonds. The van der Waals surface area contributed by atoms with Gasteiger partial charge < -0.3 is 10.1 Å². The smallest absolute Gasteiger partial charge is 0.159 e. The summed E-state index contributed by atoms with van der Waals surface area (Å²) < 4.78 is 5.27. The number of ether oxygens (including phenoxy) is 1. The quantitative estimate of drug-likeness (QED) is 0.827. The molecule has 2 aromatic rings. The number of rotatable bonds is 6. The van der Waals surface area contributed by atoms with Crippen LogP contribution in [-0.4, -0.2) is 37.1 Å². The van der Waals surface area contributed by atoms with Gasteiger partial charge in [-0.05, 0) is 41.8 Å². The standard InChI is InChI=1S/C19H22ClN3OS/c1-24-18-4-2-3-15(11-18)9-10-23-13-21-19(22-14-23)25-12-16-5-7-17(20)8-6-16/h2-8,11H,9-10,12-14H2,1H3,(H,21,22). The van der Waals surface area contributed by atoms with Gasteiger partial charge in [0.15, 0.2) is 5.17 Å². The first kappa shape index (κ1) is 18.1. The molecule has 0 spiro atoms. The molecule has 3 rings (SSSR count). The van der Waals surface area contributed by atoms with Crippen LogP contribution in [0.2, 0.25) is 5.02 Å². The van der Waals surface area contributed by atoms with Gasteiger partial charge in [-0.2, -0.15) is 0 Å². The normalized spacial score (nSPS) is 14.7. The SMILES string of the molecule is COc1cccc(CCN2CN=C(SCc3ccc(Cl)cc3)NC2)c1. The highest BCUT2D eigenvalue weighted by Crippen LogP contribution is 2.17. The van der Waals surface area contributed by atoms with Gasteiger partial charge >= 0.3 is 0 Å². The number of thioether (sulfide) groups is 1. The van der Waals surface area contributed by atoms with E-state index in [-0.39, 0.29) is 0 Å². The largest absolute Gasteiger partial charge is 0.497 e. The lowest BCUT2D eigenvalue weighted by atomic mass is 10.1. The minimum absolute atomic E-state index is 0.736. The van der Waals surface area contributed by atoms with Crippen molar-refractivity contribution in [1.29, 1.82) is 0 Å². The van der Waals surface area contributed by atoms with Crippen molar-refractivity contribution in [3.8, 4) is 5.75 Å². The summed E-state index contributed by atoms with van der Waals surface area (Å²) in [6.07, 6.45) is 0.988. The summed E-state index contributed by atoms with van der Waals surface area (Å²) in [6.45, 7) is 2.54. The summed E-state index contributed by atoms with van der Waals surface area (Å²) in [5.41, 5.74) is 2.53. The van der Waals surface area contributed by atoms with Gasteiger partial charge in [0.25, 0.3) is 0 Å². The number of halogens is 1. The Balaban J connectivity index is 1.43. The molecule has 0 aromatic heterocycles. The fourth-order valence-corrected chi connectivity index (χ4v) is 3.48. The van der Waals surface area contributed by atoms with Crippen molar-refractivity contribution in [1.82, 2.24) is 10.2 Å². The monoisotopic (exact) mass is 375 g/mol. The molecule has 0 fully saturated rings. The van der Waals surface area contributed by atoms with Crippen LogP contribution >= 0.6 is 23.4 Å². The van der Waals surface area contributed by atoms with E-state index in [4.69, 9.17) is 16.3 Å². The number of hydrogen-bond donors (Lipinski definition) is 1. The Labute approximate surface area is 158 Å². The molecule has 4 nitrogen and oxygen atoms in total. The van der Waals surface area contributed by atoms with Crippen LogP contribution in [0.1, 0.15) is 11.1 Å². The summed E-state index contributed by atoms with van der Waals surface area (Å²) in [6, 6.07) is 16.2. The average Bonchev–Trinajstić information content (AvgIpc) is 2.67. The Morgan fingerprint density at radius 2 is 2.04 bits per heavy atom. The highest BCUT2D eigenvalue weighted by molar-refractivity contribution is 8.13. The Kier molecular flexibility index (Phi) is 6.62. The Hall–Kier alpha value is -1.69. The van der Waals surface area contributed by atoms with Crippen molar-refractivity contribution >= 4 is 28.5 Å². The predicted molar refractivity (Wildman–Crippen MR) is 106 cm³/mol. The first-order valence-corrected chi connectivity index (χ1v) is 9.60. The zero-order chi connectivity index (χ0) is 17.5. The summed E-state index contributed by atoms with van der Waals surface area (Å²) >= 11 is 7.64.